The van der Waals surface area contributed by atoms with Gasteiger partial charge < -0.3 is 14.7 Å². The van der Waals surface area contributed by atoms with Crippen molar-refractivity contribution in [2.45, 2.75) is 6.92 Å². The van der Waals surface area contributed by atoms with Crippen molar-refractivity contribution in [3.8, 4) is 5.75 Å². The van der Waals surface area contributed by atoms with Crippen molar-refractivity contribution in [3.63, 3.8) is 0 Å². The lowest BCUT2D eigenvalue weighted by Gasteiger charge is -2.17. The van der Waals surface area contributed by atoms with Crippen LogP contribution in [0, 0.1) is 0 Å². The normalized spacial score (nSPS) is 10.3. The average Bonchev–Trinajstić information content (AvgIpc) is 2.28. The van der Waals surface area contributed by atoms with E-state index in [0.29, 0.717) is 24.8 Å². The summed E-state index contributed by atoms with van der Waals surface area (Å²) in [6, 6.07) is 4.44. The van der Waals surface area contributed by atoms with Crippen molar-refractivity contribution in [1.29, 1.82) is 0 Å². The second-order valence-corrected chi connectivity index (χ2v) is 4.02. The number of hydrogen-bond donors (Lipinski definition) is 1. The molecule has 0 heterocycles. The molecule has 0 radical (unpaired) electrons. The van der Waals surface area contributed by atoms with Crippen molar-refractivity contribution >= 4 is 17.5 Å². The van der Waals surface area contributed by atoms with E-state index < -0.39 is 0 Å². The molecule has 0 unspecified atom stereocenters. The molecular formula is C12H16ClNO3. The van der Waals surface area contributed by atoms with Gasteiger partial charge in [0.25, 0.3) is 5.91 Å². The fourth-order valence-corrected chi connectivity index (χ4v) is 1.50. The molecule has 0 aliphatic heterocycles. The van der Waals surface area contributed by atoms with Gasteiger partial charge in [0.15, 0.2) is 0 Å². The van der Waals surface area contributed by atoms with E-state index in [0.717, 1.165) is 0 Å². The maximum atomic E-state index is 11.9. The monoisotopic (exact) mass is 257 g/mol. The first-order valence-corrected chi connectivity index (χ1v) is 5.75. The number of phenols is 1. The summed E-state index contributed by atoms with van der Waals surface area (Å²) in [5.41, 5.74) is 0.244. The number of nitrogens with zero attached hydrogens (tertiary/aromatic N) is 1. The molecule has 1 rings (SSSR count). The molecule has 5 heteroatoms. The van der Waals surface area contributed by atoms with E-state index in [2.05, 4.69) is 0 Å². The highest BCUT2D eigenvalue weighted by Crippen LogP contribution is 2.22. The van der Waals surface area contributed by atoms with Crippen LogP contribution in [-0.2, 0) is 4.74 Å². The first-order chi connectivity index (χ1) is 8.06. The number of halogens is 1. The van der Waals surface area contributed by atoms with Crippen molar-refractivity contribution in [2.75, 3.05) is 26.8 Å². The van der Waals surface area contributed by atoms with Gasteiger partial charge in [-0.05, 0) is 25.1 Å². The Morgan fingerprint density at radius 3 is 2.82 bits per heavy atom. The van der Waals surface area contributed by atoms with Gasteiger partial charge in [-0.15, -0.1) is 0 Å². The number of carbonyl (C=O) groups is 1. The number of amides is 1. The Kier molecular flexibility index (Phi) is 5.25. The summed E-state index contributed by atoms with van der Waals surface area (Å²) >= 11 is 5.70. The summed E-state index contributed by atoms with van der Waals surface area (Å²) in [6.07, 6.45) is 0. The molecule has 0 saturated heterocycles. The number of likely N-dealkylation sites (N-methyl/N-ethyl adjacent to an activating group) is 1. The van der Waals surface area contributed by atoms with Gasteiger partial charge in [0, 0.05) is 25.2 Å². The number of ether oxygens (including phenoxy) is 1. The minimum absolute atomic E-state index is 0.106. The van der Waals surface area contributed by atoms with Crippen LogP contribution >= 0.6 is 11.6 Å². The molecule has 94 valence electrons. The molecule has 4 nitrogen and oxygen atoms in total. The summed E-state index contributed by atoms with van der Waals surface area (Å²) in [7, 11) is 1.66. The Morgan fingerprint density at radius 2 is 2.24 bits per heavy atom. The van der Waals surface area contributed by atoms with Crippen LogP contribution < -0.4 is 0 Å². The van der Waals surface area contributed by atoms with Crippen LogP contribution in [0.15, 0.2) is 18.2 Å². The van der Waals surface area contributed by atoms with E-state index >= 15 is 0 Å². The van der Waals surface area contributed by atoms with E-state index in [1.807, 2.05) is 6.92 Å². The van der Waals surface area contributed by atoms with Gasteiger partial charge in [-0.2, -0.15) is 0 Å². The average molecular weight is 258 g/mol. The molecule has 0 atom stereocenters. The number of benzene rings is 1. The fourth-order valence-electron chi connectivity index (χ4n) is 1.34. The van der Waals surface area contributed by atoms with Gasteiger partial charge in [0.1, 0.15) is 5.75 Å². The third-order valence-corrected chi connectivity index (χ3v) is 2.55. The Balaban J connectivity index is 2.68. The van der Waals surface area contributed by atoms with Crippen LogP contribution in [0.1, 0.15) is 17.3 Å². The number of hydrogen-bond acceptors (Lipinski definition) is 3. The number of aromatic hydroxyl groups is 1. The highest BCUT2D eigenvalue weighted by molar-refractivity contribution is 6.30. The summed E-state index contributed by atoms with van der Waals surface area (Å²) < 4.78 is 5.16. The van der Waals surface area contributed by atoms with Crippen LogP contribution in [0.2, 0.25) is 5.02 Å². The van der Waals surface area contributed by atoms with Crippen LogP contribution in [0.25, 0.3) is 0 Å². The van der Waals surface area contributed by atoms with E-state index in [-0.39, 0.29) is 17.2 Å². The molecule has 0 spiro atoms. The largest absolute Gasteiger partial charge is 0.507 e. The summed E-state index contributed by atoms with van der Waals surface area (Å²) in [5.74, 6) is -0.357. The molecule has 0 fully saturated rings. The Bertz CT molecular complexity index is 395. The predicted octanol–water partition coefficient (Wildman–Crippen LogP) is 2.15. The first-order valence-electron chi connectivity index (χ1n) is 5.38. The lowest BCUT2D eigenvalue weighted by Crippen LogP contribution is -2.30. The van der Waals surface area contributed by atoms with Gasteiger partial charge in [0.05, 0.1) is 12.2 Å². The molecule has 0 bridgehead atoms. The van der Waals surface area contributed by atoms with Gasteiger partial charge in [-0.3, -0.25) is 4.79 Å². The minimum atomic E-state index is -0.251. The van der Waals surface area contributed by atoms with Crippen molar-refractivity contribution < 1.29 is 14.6 Å². The molecule has 0 aliphatic carbocycles. The number of carbonyl (C=O) groups excluding carboxylic acids is 1. The van der Waals surface area contributed by atoms with E-state index in [9.17, 15) is 9.90 Å². The maximum absolute atomic E-state index is 11.9. The smallest absolute Gasteiger partial charge is 0.257 e. The summed E-state index contributed by atoms with van der Waals surface area (Å²) in [5, 5.41) is 10.0. The quantitative estimate of drug-likeness (QED) is 0.823. The van der Waals surface area contributed by atoms with Gasteiger partial charge in [-0.1, -0.05) is 11.6 Å². The second kappa shape index (κ2) is 6.47. The minimum Gasteiger partial charge on any atom is -0.507 e. The summed E-state index contributed by atoms with van der Waals surface area (Å²) in [6.45, 7) is 3.48. The van der Waals surface area contributed by atoms with Crippen LogP contribution in [0.5, 0.6) is 5.75 Å². The Morgan fingerprint density at radius 1 is 1.53 bits per heavy atom. The number of rotatable bonds is 5. The van der Waals surface area contributed by atoms with E-state index in [1.54, 1.807) is 13.1 Å². The molecule has 0 aliphatic rings. The summed E-state index contributed by atoms with van der Waals surface area (Å²) in [4.78, 5) is 13.4. The van der Waals surface area contributed by atoms with Gasteiger partial charge in [-0.25, -0.2) is 0 Å². The topological polar surface area (TPSA) is 49.8 Å². The van der Waals surface area contributed by atoms with Crippen molar-refractivity contribution in [2.24, 2.45) is 0 Å². The molecule has 1 N–H and O–H groups in total. The van der Waals surface area contributed by atoms with Crippen molar-refractivity contribution in [1.82, 2.24) is 4.90 Å². The van der Waals surface area contributed by atoms with E-state index in [4.69, 9.17) is 16.3 Å². The Labute approximate surface area is 106 Å². The van der Waals surface area contributed by atoms with Gasteiger partial charge >= 0.3 is 0 Å². The zero-order valence-corrected chi connectivity index (χ0v) is 10.7. The standard InChI is InChI=1S/C12H16ClNO3/c1-3-17-7-6-14(2)12(16)10-5-4-9(13)8-11(10)15/h4-5,8,15H,3,6-7H2,1-2H3. The number of phenolic OH excluding ortho intramolecular Hbond substituents is 1. The molecule has 0 aromatic heterocycles. The zero-order valence-electron chi connectivity index (χ0n) is 9.94. The van der Waals surface area contributed by atoms with Crippen LogP contribution in [-0.4, -0.2) is 42.7 Å². The maximum Gasteiger partial charge on any atom is 0.257 e. The molecule has 0 saturated carbocycles. The fraction of sp³-hybridized carbons (Fsp3) is 0.417. The first kappa shape index (κ1) is 13.8. The zero-order chi connectivity index (χ0) is 12.8. The molecule has 17 heavy (non-hydrogen) atoms. The molecular weight excluding hydrogens is 242 g/mol. The van der Waals surface area contributed by atoms with Gasteiger partial charge in [0.2, 0.25) is 0 Å². The lowest BCUT2D eigenvalue weighted by atomic mass is 10.2. The van der Waals surface area contributed by atoms with E-state index in [1.165, 1.54) is 17.0 Å². The lowest BCUT2D eigenvalue weighted by molar-refractivity contribution is 0.0707. The van der Waals surface area contributed by atoms with Crippen molar-refractivity contribution in [3.05, 3.63) is 28.8 Å². The molecule has 1 aromatic rings. The van der Waals surface area contributed by atoms with Crippen LogP contribution in [0.4, 0.5) is 0 Å². The molecule has 1 amide bonds. The highest BCUT2D eigenvalue weighted by Gasteiger charge is 2.15. The SMILES string of the molecule is CCOCCN(C)C(=O)c1ccc(Cl)cc1O. The van der Waals surface area contributed by atoms with Crippen LogP contribution in [0.3, 0.4) is 0 Å². The third-order valence-electron chi connectivity index (χ3n) is 2.31. The molecule has 1 aromatic carbocycles. The highest BCUT2D eigenvalue weighted by atomic mass is 35.5. The Hall–Kier alpha value is -1.26. The predicted molar refractivity (Wildman–Crippen MR) is 66.6 cm³/mol. The third kappa shape index (κ3) is 3.91. The second-order valence-electron chi connectivity index (χ2n) is 3.59.